The Morgan fingerprint density at radius 2 is 2.12 bits per heavy atom. The first-order valence-electron chi connectivity index (χ1n) is 8.57. The molecule has 6 heteroatoms. The van der Waals surface area contributed by atoms with Crippen LogP contribution in [0.25, 0.3) is 10.2 Å². The fraction of sp³-hybridized carbons (Fsp3) is 0.316. The fourth-order valence-electron chi connectivity index (χ4n) is 3.81. The van der Waals surface area contributed by atoms with E-state index in [0.29, 0.717) is 12.4 Å². The second-order valence-corrected chi connectivity index (χ2v) is 7.51. The van der Waals surface area contributed by atoms with Crippen molar-refractivity contribution in [1.82, 2.24) is 9.97 Å². The number of thiophene rings is 1. The molecule has 2 aromatic heterocycles. The summed E-state index contributed by atoms with van der Waals surface area (Å²) in [6.07, 6.45) is 5.76. The standard InChI is InChI=1S/C19H17N3O2S/c23-16(22-9-8-12-4-1-2-6-14(12)22)10-24-18-17-13-5-3-7-15(13)25-19(17)21-11-20-18/h1-2,4,6,11H,3,5,7-10H2. The van der Waals surface area contributed by atoms with E-state index in [9.17, 15) is 4.79 Å². The zero-order chi connectivity index (χ0) is 16.8. The molecule has 1 aromatic carbocycles. The van der Waals surface area contributed by atoms with Crippen LogP contribution in [0.5, 0.6) is 5.88 Å². The van der Waals surface area contributed by atoms with Crippen molar-refractivity contribution in [1.29, 1.82) is 0 Å². The molecule has 1 aliphatic heterocycles. The Morgan fingerprint density at radius 3 is 3.08 bits per heavy atom. The average molecular weight is 351 g/mol. The number of aryl methyl sites for hydroxylation is 2. The van der Waals surface area contributed by atoms with Crippen molar-refractivity contribution in [3.05, 3.63) is 46.6 Å². The zero-order valence-corrected chi connectivity index (χ0v) is 14.5. The monoisotopic (exact) mass is 351 g/mol. The Morgan fingerprint density at radius 1 is 1.20 bits per heavy atom. The van der Waals surface area contributed by atoms with Gasteiger partial charge in [-0.25, -0.2) is 9.97 Å². The number of benzene rings is 1. The van der Waals surface area contributed by atoms with Gasteiger partial charge >= 0.3 is 0 Å². The minimum Gasteiger partial charge on any atom is -0.467 e. The van der Waals surface area contributed by atoms with Gasteiger partial charge in [0.25, 0.3) is 5.91 Å². The molecular formula is C19H17N3O2S. The number of anilines is 1. The molecule has 0 spiro atoms. The Kier molecular flexibility index (Phi) is 3.45. The van der Waals surface area contributed by atoms with E-state index in [1.165, 1.54) is 28.8 Å². The minimum absolute atomic E-state index is 0.00503. The van der Waals surface area contributed by atoms with Gasteiger partial charge < -0.3 is 9.64 Å². The molecule has 5 rings (SSSR count). The molecule has 1 amide bonds. The number of amides is 1. The van der Waals surface area contributed by atoms with Gasteiger partial charge in [-0.3, -0.25) is 4.79 Å². The lowest BCUT2D eigenvalue weighted by atomic mass is 10.2. The van der Waals surface area contributed by atoms with Gasteiger partial charge in [0.2, 0.25) is 5.88 Å². The van der Waals surface area contributed by atoms with Crippen molar-refractivity contribution in [2.24, 2.45) is 0 Å². The molecule has 0 fully saturated rings. The van der Waals surface area contributed by atoms with Crippen molar-refractivity contribution in [3.63, 3.8) is 0 Å². The molecule has 2 aliphatic rings. The van der Waals surface area contributed by atoms with E-state index in [0.717, 1.165) is 35.2 Å². The maximum atomic E-state index is 12.6. The molecule has 25 heavy (non-hydrogen) atoms. The van der Waals surface area contributed by atoms with Crippen LogP contribution in [-0.2, 0) is 24.1 Å². The van der Waals surface area contributed by atoms with E-state index in [1.54, 1.807) is 11.3 Å². The normalized spacial score (nSPS) is 15.4. The third kappa shape index (κ3) is 2.40. The first kappa shape index (κ1) is 14.8. The summed E-state index contributed by atoms with van der Waals surface area (Å²) in [5.41, 5.74) is 3.53. The summed E-state index contributed by atoms with van der Waals surface area (Å²) in [5, 5.41) is 1.01. The van der Waals surface area contributed by atoms with Crippen LogP contribution < -0.4 is 9.64 Å². The number of rotatable bonds is 3. The number of carbonyl (C=O) groups is 1. The number of para-hydroxylation sites is 1. The quantitative estimate of drug-likeness (QED) is 0.727. The van der Waals surface area contributed by atoms with E-state index in [4.69, 9.17) is 4.74 Å². The first-order valence-corrected chi connectivity index (χ1v) is 9.39. The summed E-state index contributed by atoms with van der Waals surface area (Å²) < 4.78 is 5.86. The van der Waals surface area contributed by atoms with Gasteiger partial charge in [0.05, 0.1) is 5.39 Å². The Hall–Kier alpha value is -2.47. The fourth-order valence-corrected chi connectivity index (χ4v) is 5.03. The molecule has 0 N–H and O–H groups in total. The molecular weight excluding hydrogens is 334 g/mol. The highest BCUT2D eigenvalue weighted by atomic mass is 32.1. The molecule has 1 aliphatic carbocycles. The number of fused-ring (bicyclic) bond motifs is 4. The third-order valence-corrected chi connectivity index (χ3v) is 6.19. The van der Waals surface area contributed by atoms with E-state index in [1.807, 2.05) is 23.1 Å². The predicted molar refractivity (Wildman–Crippen MR) is 97.4 cm³/mol. The van der Waals surface area contributed by atoms with Crippen molar-refractivity contribution in [2.45, 2.75) is 25.7 Å². The van der Waals surface area contributed by atoms with Crippen LogP contribution in [0.15, 0.2) is 30.6 Å². The summed E-state index contributed by atoms with van der Waals surface area (Å²) in [6, 6.07) is 8.05. The van der Waals surface area contributed by atoms with Crippen LogP contribution in [0.3, 0.4) is 0 Å². The molecule has 0 radical (unpaired) electrons. The topological polar surface area (TPSA) is 55.3 Å². The molecule has 0 bridgehead atoms. The number of ether oxygens (including phenoxy) is 1. The summed E-state index contributed by atoms with van der Waals surface area (Å²) in [5.74, 6) is 0.522. The SMILES string of the molecule is O=C(COc1ncnc2sc3c(c12)CCC3)N1CCc2ccccc21. The van der Waals surface area contributed by atoms with Crippen LogP contribution in [0.1, 0.15) is 22.4 Å². The first-order chi connectivity index (χ1) is 12.3. The van der Waals surface area contributed by atoms with Crippen LogP contribution in [0.2, 0.25) is 0 Å². The predicted octanol–water partition coefficient (Wildman–Crippen LogP) is 3.15. The highest BCUT2D eigenvalue weighted by molar-refractivity contribution is 7.18. The number of hydrogen-bond donors (Lipinski definition) is 0. The molecule has 3 aromatic rings. The maximum Gasteiger partial charge on any atom is 0.264 e. The van der Waals surface area contributed by atoms with Crippen molar-refractivity contribution < 1.29 is 9.53 Å². The lowest BCUT2D eigenvalue weighted by molar-refractivity contribution is -0.120. The van der Waals surface area contributed by atoms with Crippen LogP contribution in [0, 0.1) is 0 Å². The molecule has 0 saturated carbocycles. The lowest BCUT2D eigenvalue weighted by Crippen LogP contribution is -2.33. The maximum absolute atomic E-state index is 12.6. The van der Waals surface area contributed by atoms with E-state index >= 15 is 0 Å². The number of carbonyl (C=O) groups excluding carboxylic acids is 1. The van der Waals surface area contributed by atoms with Gasteiger partial charge in [0.15, 0.2) is 6.61 Å². The minimum atomic E-state index is -0.0245. The van der Waals surface area contributed by atoms with Crippen LogP contribution in [0.4, 0.5) is 5.69 Å². The molecule has 5 nitrogen and oxygen atoms in total. The second kappa shape index (κ2) is 5.81. The van der Waals surface area contributed by atoms with Crippen molar-refractivity contribution in [2.75, 3.05) is 18.1 Å². The molecule has 0 unspecified atom stereocenters. The highest BCUT2D eigenvalue weighted by Crippen LogP contribution is 2.39. The van der Waals surface area contributed by atoms with Gasteiger partial charge in [-0.15, -0.1) is 11.3 Å². The number of nitrogens with zero attached hydrogens (tertiary/aromatic N) is 3. The molecule has 126 valence electrons. The molecule has 0 saturated heterocycles. The smallest absolute Gasteiger partial charge is 0.264 e. The van der Waals surface area contributed by atoms with Gasteiger partial charge in [-0.05, 0) is 42.9 Å². The summed E-state index contributed by atoms with van der Waals surface area (Å²) in [4.78, 5) is 25.5. The van der Waals surface area contributed by atoms with Gasteiger partial charge in [0, 0.05) is 17.1 Å². The summed E-state index contributed by atoms with van der Waals surface area (Å²) in [7, 11) is 0. The summed E-state index contributed by atoms with van der Waals surface area (Å²) in [6.45, 7) is 0.722. The van der Waals surface area contributed by atoms with Gasteiger partial charge in [-0.2, -0.15) is 0 Å². The van der Waals surface area contributed by atoms with E-state index in [2.05, 4.69) is 16.0 Å². The average Bonchev–Trinajstić information content (AvgIpc) is 3.33. The Balaban J connectivity index is 1.39. The van der Waals surface area contributed by atoms with Crippen LogP contribution >= 0.6 is 11.3 Å². The highest BCUT2D eigenvalue weighted by Gasteiger charge is 2.26. The largest absolute Gasteiger partial charge is 0.467 e. The van der Waals surface area contributed by atoms with Gasteiger partial charge in [0.1, 0.15) is 11.2 Å². The van der Waals surface area contributed by atoms with Crippen molar-refractivity contribution in [3.8, 4) is 5.88 Å². The Bertz CT molecular complexity index is 982. The van der Waals surface area contributed by atoms with E-state index < -0.39 is 0 Å². The summed E-state index contributed by atoms with van der Waals surface area (Å²) >= 11 is 1.72. The van der Waals surface area contributed by atoms with Crippen molar-refractivity contribution >= 4 is 33.1 Å². The zero-order valence-electron chi connectivity index (χ0n) is 13.7. The van der Waals surface area contributed by atoms with E-state index in [-0.39, 0.29) is 12.5 Å². The van der Waals surface area contributed by atoms with Crippen LogP contribution in [-0.4, -0.2) is 29.0 Å². The van der Waals surface area contributed by atoms with Gasteiger partial charge in [-0.1, -0.05) is 18.2 Å². The lowest BCUT2D eigenvalue weighted by Gasteiger charge is -2.17. The third-order valence-electron chi connectivity index (χ3n) is 4.99. The second-order valence-electron chi connectivity index (χ2n) is 6.43. The molecule has 3 heterocycles. The number of hydrogen-bond acceptors (Lipinski definition) is 5. The Labute approximate surface area is 149 Å². The molecule has 0 atom stereocenters. The number of aromatic nitrogens is 2.